The largest absolute Gasteiger partial charge is 0.384 e. The topological polar surface area (TPSA) is 9.23 Å². The molecule has 1 fully saturated rings. The molecule has 0 saturated heterocycles. The third-order valence-electron chi connectivity index (χ3n) is 2.89. The summed E-state index contributed by atoms with van der Waals surface area (Å²) >= 11 is 0. The first-order valence-corrected chi connectivity index (χ1v) is 5.28. The van der Waals surface area contributed by atoms with Crippen LogP contribution in [0, 0.1) is 0 Å². The lowest BCUT2D eigenvalue weighted by Gasteiger charge is -2.51. The van der Waals surface area contributed by atoms with Gasteiger partial charge >= 0.3 is 35.5 Å². The Bertz CT molecular complexity index is 386. The van der Waals surface area contributed by atoms with E-state index in [0.717, 1.165) is 6.92 Å². The minimum absolute atomic E-state index is 0.509. The molecule has 0 aromatic rings. The van der Waals surface area contributed by atoms with Gasteiger partial charge in [0.2, 0.25) is 0 Å². The van der Waals surface area contributed by atoms with Crippen LogP contribution in [-0.4, -0.2) is 42.1 Å². The molecule has 0 aromatic carbocycles. The van der Waals surface area contributed by atoms with Crippen molar-refractivity contribution in [2.45, 2.75) is 48.8 Å². The number of rotatable bonds is 3. The van der Waals surface area contributed by atoms with Crippen molar-refractivity contribution in [3.63, 3.8) is 0 Å². The third kappa shape index (κ3) is 1.67. The molecule has 0 spiro atoms. The van der Waals surface area contributed by atoms with Gasteiger partial charge in [0.1, 0.15) is 0 Å². The van der Waals surface area contributed by atoms with Crippen molar-refractivity contribution < 1.29 is 53.0 Å². The summed E-state index contributed by atoms with van der Waals surface area (Å²) in [4.78, 5) is 0. The predicted octanol–water partition coefficient (Wildman–Crippen LogP) is 4.27. The van der Waals surface area contributed by atoms with Crippen LogP contribution in [-0.2, 0) is 4.74 Å². The summed E-state index contributed by atoms with van der Waals surface area (Å²) < 4.78 is 146. The molecule has 1 nitrogen and oxygen atoms in total. The molecule has 126 valence electrons. The summed E-state index contributed by atoms with van der Waals surface area (Å²) in [5.41, 5.74) is 0. The molecule has 0 amide bonds. The van der Waals surface area contributed by atoms with Crippen LogP contribution in [0.15, 0.2) is 0 Å². The summed E-state index contributed by atoms with van der Waals surface area (Å²) in [7, 11) is 0. The van der Waals surface area contributed by atoms with Gasteiger partial charge in [-0.15, -0.1) is 0 Å². The molecule has 1 aliphatic rings. The number of hydrogen-bond donors (Lipinski definition) is 0. The van der Waals surface area contributed by atoms with E-state index in [2.05, 4.69) is 4.74 Å². The zero-order valence-corrected chi connectivity index (χ0v) is 9.98. The molecule has 0 radical (unpaired) electrons. The van der Waals surface area contributed by atoms with E-state index in [1.54, 1.807) is 0 Å². The molecule has 0 unspecified atom stereocenters. The number of halogens is 11. The first-order chi connectivity index (χ1) is 9.06. The van der Waals surface area contributed by atoms with Crippen LogP contribution < -0.4 is 0 Å². The number of ether oxygens (including phenoxy) is 1. The van der Waals surface area contributed by atoms with Crippen LogP contribution in [0.1, 0.15) is 13.3 Å². The van der Waals surface area contributed by atoms with E-state index in [-0.39, 0.29) is 0 Å². The van der Waals surface area contributed by atoms with Gasteiger partial charge in [0.05, 0.1) is 6.61 Å². The van der Waals surface area contributed by atoms with Gasteiger partial charge in [0, 0.05) is 0 Å². The summed E-state index contributed by atoms with van der Waals surface area (Å²) in [5, 5.41) is 0. The Hall–Kier alpha value is -0.810. The van der Waals surface area contributed by atoms with Crippen LogP contribution in [0.2, 0.25) is 0 Å². The summed E-state index contributed by atoms with van der Waals surface area (Å²) in [6.45, 7) is -0.382. The molecule has 0 aliphatic heterocycles. The average Bonchev–Trinajstić information content (AvgIpc) is 2.33. The molecule has 0 aromatic heterocycles. The molecule has 0 atom stereocenters. The van der Waals surface area contributed by atoms with Crippen LogP contribution in [0.5, 0.6) is 0 Å². The summed E-state index contributed by atoms with van der Waals surface area (Å²) in [6.07, 6.45) is -0.509. The van der Waals surface area contributed by atoms with Crippen molar-refractivity contribution in [2.24, 2.45) is 0 Å². The first-order valence-electron chi connectivity index (χ1n) is 5.28. The molecule has 1 saturated carbocycles. The second-order valence-electron chi connectivity index (χ2n) is 4.32. The fraction of sp³-hybridized carbons (Fsp3) is 1.00. The fourth-order valence-electron chi connectivity index (χ4n) is 1.62. The first kappa shape index (κ1) is 18.2. The van der Waals surface area contributed by atoms with E-state index in [0.29, 0.717) is 0 Å². The molecule has 1 rings (SSSR count). The maximum atomic E-state index is 13.6. The summed E-state index contributed by atoms with van der Waals surface area (Å²) in [6, 6.07) is 0. The minimum atomic E-state index is -7.20. The van der Waals surface area contributed by atoms with Crippen molar-refractivity contribution in [2.75, 3.05) is 6.61 Å². The van der Waals surface area contributed by atoms with Gasteiger partial charge in [0.25, 0.3) is 0 Å². The fourth-order valence-corrected chi connectivity index (χ4v) is 1.62. The van der Waals surface area contributed by atoms with E-state index in [1.807, 2.05) is 0 Å². The third-order valence-corrected chi connectivity index (χ3v) is 2.89. The van der Waals surface area contributed by atoms with Gasteiger partial charge in [-0.3, -0.25) is 0 Å². The van der Waals surface area contributed by atoms with Gasteiger partial charge in [0.15, 0.2) is 0 Å². The Balaban J connectivity index is 3.66. The Morgan fingerprint density at radius 1 is 0.571 bits per heavy atom. The minimum Gasteiger partial charge on any atom is -0.336 e. The lowest BCUT2D eigenvalue weighted by Crippen LogP contribution is -2.84. The van der Waals surface area contributed by atoms with Crippen LogP contribution in [0.4, 0.5) is 48.3 Å². The van der Waals surface area contributed by atoms with Crippen molar-refractivity contribution in [1.82, 2.24) is 0 Å². The number of hydrogen-bond acceptors (Lipinski definition) is 1. The van der Waals surface area contributed by atoms with E-state index in [1.165, 1.54) is 0 Å². The second kappa shape index (κ2) is 4.35. The quantitative estimate of drug-likeness (QED) is 0.698. The van der Waals surface area contributed by atoms with Crippen molar-refractivity contribution in [3.8, 4) is 0 Å². The SMILES string of the molecule is CCCOC1(F)C(F)(F)C(F)(F)C(F)(F)C(F)(F)C1(F)F. The van der Waals surface area contributed by atoms with Crippen molar-refractivity contribution >= 4 is 0 Å². The van der Waals surface area contributed by atoms with E-state index in [9.17, 15) is 48.3 Å². The van der Waals surface area contributed by atoms with Crippen molar-refractivity contribution in [3.05, 3.63) is 0 Å². The van der Waals surface area contributed by atoms with E-state index < -0.39 is 48.5 Å². The van der Waals surface area contributed by atoms with Crippen molar-refractivity contribution in [1.29, 1.82) is 0 Å². The highest BCUT2D eigenvalue weighted by Crippen LogP contribution is 2.69. The van der Waals surface area contributed by atoms with Crippen LogP contribution in [0.25, 0.3) is 0 Å². The number of alkyl halides is 11. The molecule has 0 bridgehead atoms. The predicted molar refractivity (Wildman–Crippen MR) is 44.8 cm³/mol. The Kier molecular flexibility index (Phi) is 3.78. The monoisotopic (exact) mass is 340 g/mol. The van der Waals surface area contributed by atoms with Gasteiger partial charge in [-0.25, -0.2) is 0 Å². The van der Waals surface area contributed by atoms with Crippen LogP contribution in [0.3, 0.4) is 0 Å². The highest BCUT2D eigenvalue weighted by atomic mass is 19.4. The maximum Gasteiger partial charge on any atom is 0.384 e. The van der Waals surface area contributed by atoms with Gasteiger partial charge < -0.3 is 4.74 Å². The second-order valence-corrected chi connectivity index (χ2v) is 4.32. The zero-order chi connectivity index (χ0) is 17.1. The maximum absolute atomic E-state index is 13.6. The molecular weight excluding hydrogens is 333 g/mol. The molecule has 12 heteroatoms. The molecule has 1 aliphatic carbocycles. The average molecular weight is 340 g/mol. The smallest absolute Gasteiger partial charge is 0.336 e. The lowest BCUT2D eigenvalue weighted by atomic mass is 9.78. The summed E-state index contributed by atoms with van der Waals surface area (Å²) in [5.74, 6) is -41.5. The molecular formula is C9H7F11O. The molecule has 0 N–H and O–H groups in total. The van der Waals surface area contributed by atoms with Crippen LogP contribution >= 0.6 is 0 Å². The highest BCUT2D eigenvalue weighted by molar-refractivity contribution is 5.23. The van der Waals surface area contributed by atoms with Gasteiger partial charge in [-0.1, -0.05) is 6.92 Å². The molecule has 0 heterocycles. The standard InChI is InChI=1S/C9H7F11O/c1-2-3-21-9(20)7(16,17)5(12,13)4(10,11)6(14,15)8(9,18)19/h2-3H2,1H3. The molecule has 21 heavy (non-hydrogen) atoms. The van der Waals surface area contributed by atoms with Gasteiger partial charge in [-0.2, -0.15) is 48.3 Å². The Morgan fingerprint density at radius 3 is 1.14 bits per heavy atom. The Labute approximate surface area is 110 Å². The van der Waals surface area contributed by atoms with Gasteiger partial charge in [-0.05, 0) is 6.42 Å². The normalized spacial score (nSPS) is 30.9. The van der Waals surface area contributed by atoms with E-state index >= 15 is 0 Å². The van der Waals surface area contributed by atoms with E-state index in [4.69, 9.17) is 0 Å². The Morgan fingerprint density at radius 2 is 0.857 bits per heavy atom. The highest BCUT2D eigenvalue weighted by Gasteiger charge is 3.02. The lowest BCUT2D eigenvalue weighted by molar-refractivity contribution is -0.524. The zero-order valence-electron chi connectivity index (χ0n) is 9.98.